The van der Waals surface area contributed by atoms with Gasteiger partial charge in [-0.2, -0.15) is 0 Å². The number of ketones is 3. The van der Waals surface area contributed by atoms with Gasteiger partial charge >= 0.3 is 0 Å². The molecule has 0 saturated heterocycles. The smallest absolute Gasteiger partial charge is 0.166 e. The SMILES string of the molecule is C=C(C)C(C)CCC(=O)CC.C=CCOc1ccc(C(C)=O)c(C(=O)C(C)C)c1. The number of hydrogen-bond acceptors (Lipinski definition) is 4. The van der Waals surface area contributed by atoms with Gasteiger partial charge < -0.3 is 4.74 Å². The second-order valence-electron chi connectivity index (χ2n) is 7.56. The van der Waals surface area contributed by atoms with Crippen molar-refractivity contribution in [2.75, 3.05) is 6.61 Å². The first kappa shape index (κ1) is 26.5. The molecule has 160 valence electrons. The van der Waals surface area contributed by atoms with E-state index in [9.17, 15) is 14.4 Å². The van der Waals surface area contributed by atoms with E-state index in [1.54, 1.807) is 24.3 Å². The van der Waals surface area contributed by atoms with Crippen LogP contribution in [0.25, 0.3) is 0 Å². The Morgan fingerprint density at radius 3 is 2.17 bits per heavy atom. The van der Waals surface area contributed by atoms with Gasteiger partial charge in [-0.05, 0) is 44.4 Å². The fourth-order valence-electron chi connectivity index (χ4n) is 2.39. The first-order chi connectivity index (χ1) is 13.5. The molecule has 0 aliphatic carbocycles. The van der Waals surface area contributed by atoms with E-state index >= 15 is 0 Å². The summed E-state index contributed by atoms with van der Waals surface area (Å²) in [6, 6.07) is 4.95. The first-order valence-corrected chi connectivity index (χ1v) is 10.1. The van der Waals surface area contributed by atoms with Crippen molar-refractivity contribution in [1.82, 2.24) is 0 Å². The minimum absolute atomic E-state index is 0.0516. The molecule has 0 amide bonds. The van der Waals surface area contributed by atoms with Crippen LogP contribution in [0.4, 0.5) is 0 Å². The molecule has 4 nitrogen and oxygen atoms in total. The second-order valence-corrected chi connectivity index (χ2v) is 7.56. The number of carbonyl (C=O) groups is 3. The van der Waals surface area contributed by atoms with Crippen molar-refractivity contribution in [3.63, 3.8) is 0 Å². The van der Waals surface area contributed by atoms with Gasteiger partial charge in [0.15, 0.2) is 11.6 Å². The van der Waals surface area contributed by atoms with E-state index in [4.69, 9.17) is 4.74 Å². The van der Waals surface area contributed by atoms with Crippen LogP contribution in [0.3, 0.4) is 0 Å². The van der Waals surface area contributed by atoms with Crippen LogP contribution in [0.5, 0.6) is 5.75 Å². The molecule has 0 aliphatic rings. The van der Waals surface area contributed by atoms with Gasteiger partial charge in [0.25, 0.3) is 0 Å². The van der Waals surface area contributed by atoms with Gasteiger partial charge in [-0.15, -0.1) is 0 Å². The van der Waals surface area contributed by atoms with Crippen molar-refractivity contribution in [1.29, 1.82) is 0 Å². The van der Waals surface area contributed by atoms with Crippen LogP contribution < -0.4 is 4.74 Å². The predicted molar refractivity (Wildman–Crippen MR) is 120 cm³/mol. The Labute approximate surface area is 176 Å². The van der Waals surface area contributed by atoms with Crippen LogP contribution >= 0.6 is 0 Å². The lowest BCUT2D eigenvalue weighted by molar-refractivity contribution is -0.119. The highest BCUT2D eigenvalue weighted by atomic mass is 16.5. The van der Waals surface area contributed by atoms with Gasteiger partial charge in [0.05, 0.1) is 0 Å². The van der Waals surface area contributed by atoms with E-state index in [0.29, 0.717) is 48.0 Å². The summed E-state index contributed by atoms with van der Waals surface area (Å²) in [6.45, 7) is 18.9. The van der Waals surface area contributed by atoms with Gasteiger partial charge in [0.2, 0.25) is 0 Å². The highest BCUT2D eigenvalue weighted by molar-refractivity contribution is 6.08. The summed E-state index contributed by atoms with van der Waals surface area (Å²) in [5.41, 5.74) is 2.05. The van der Waals surface area contributed by atoms with E-state index in [1.165, 1.54) is 12.5 Å². The van der Waals surface area contributed by atoms with Crippen molar-refractivity contribution >= 4 is 17.3 Å². The van der Waals surface area contributed by atoms with E-state index < -0.39 is 0 Å². The number of carbonyl (C=O) groups excluding carboxylic acids is 3. The molecule has 1 aromatic carbocycles. The van der Waals surface area contributed by atoms with Crippen molar-refractivity contribution in [3.05, 3.63) is 54.1 Å². The van der Waals surface area contributed by atoms with Gasteiger partial charge in [0, 0.05) is 29.9 Å². The number of rotatable bonds is 11. The Hall–Kier alpha value is -2.49. The summed E-state index contributed by atoms with van der Waals surface area (Å²) in [6.07, 6.45) is 3.97. The third kappa shape index (κ3) is 10.0. The third-order valence-corrected chi connectivity index (χ3v) is 4.62. The molecular weight excluding hydrogens is 364 g/mol. The second kappa shape index (κ2) is 13.6. The Kier molecular flexibility index (Phi) is 12.5. The molecule has 1 rings (SSSR count). The number of hydrogen-bond donors (Lipinski definition) is 0. The normalized spacial score (nSPS) is 11.1. The highest BCUT2D eigenvalue weighted by Crippen LogP contribution is 2.21. The van der Waals surface area contributed by atoms with E-state index in [-0.39, 0.29) is 17.5 Å². The topological polar surface area (TPSA) is 60.4 Å². The maximum atomic E-state index is 12.1. The quantitative estimate of drug-likeness (QED) is 0.325. The van der Waals surface area contributed by atoms with Crippen LogP contribution in [0.1, 0.15) is 81.5 Å². The summed E-state index contributed by atoms with van der Waals surface area (Å²) in [5, 5.41) is 0. The lowest BCUT2D eigenvalue weighted by Crippen LogP contribution is -2.13. The van der Waals surface area contributed by atoms with Gasteiger partial charge in [-0.3, -0.25) is 14.4 Å². The Bertz CT molecular complexity index is 728. The zero-order chi connectivity index (χ0) is 22.6. The van der Waals surface area contributed by atoms with E-state index in [2.05, 4.69) is 20.1 Å². The van der Waals surface area contributed by atoms with Crippen LogP contribution in [-0.4, -0.2) is 24.0 Å². The molecule has 0 heterocycles. The molecule has 4 heteroatoms. The minimum atomic E-state index is -0.155. The lowest BCUT2D eigenvalue weighted by Gasteiger charge is -2.11. The van der Waals surface area contributed by atoms with E-state index in [1.807, 2.05) is 27.7 Å². The van der Waals surface area contributed by atoms with Crippen LogP contribution in [0.2, 0.25) is 0 Å². The van der Waals surface area contributed by atoms with Crippen molar-refractivity contribution in [2.24, 2.45) is 11.8 Å². The molecule has 0 spiro atoms. The molecule has 0 radical (unpaired) electrons. The predicted octanol–water partition coefficient (Wildman–Crippen LogP) is 6.25. The molecule has 0 bridgehead atoms. The van der Waals surface area contributed by atoms with Crippen molar-refractivity contribution < 1.29 is 19.1 Å². The molecule has 1 unspecified atom stereocenters. The molecule has 29 heavy (non-hydrogen) atoms. The van der Waals surface area contributed by atoms with Gasteiger partial charge in [-0.1, -0.05) is 52.5 Å². The van der Waals surface area contributed by atoms with Crippen molar-refractivity contribution in [2.45, 2.75) is 60.8 Å². The monoisotopic (exact) mass is 400 g/mol. The summed E-state index contributed by atoms with van der Waals surface area (Å²) in [7, 11) is 0. The Balaban J connectivity index is 0.000000614. The molecular formula is C25H36O4. The van der Waals surface area contributed by atoms with Gasteiger partial charge in [0.1, 0.15) is 18.1 Å². The molecule has 0 N–H and O–H groups in total. The van der Waals surface area contributed by atoms with Gasteiger partial charge in [-0.25, -0.2) is 0 Å². The third-order valence-electron chi connectivity index (χ3n) is 4.62. The molecule has 0 aromatic heterocycles. The standard InChI is InChI=1S/C15H18O3.C10H18O/c1-5-8-18-12-6-7-13(11(4)16)14(9-12)15(17)10(2)3;1-5-10(11)7-6-9(4)8(2)3/h5-7,9-10H,1,8H2,2-4H3;9H,2,5-7H2,1,3-4H3. The van der Waals surface area contributed by atoms with E-state index in [0.717, 1.165) is 6.42 Å². The average molecular weight is 401 g/mol. The Morgan fingerprint density at radius 1 is 1.10 bits per heavy atom. The average Bonchev–Trinajstić information content (AvgIpc) is 2.69. The van der Waals surface area contributed by atoms with Crippen LogP contribution in [0.15, 0.2) is 43.0 Å². The fourth-order valence-corrected chi connectivity index (χ4v) is 2.39. The lowest BCUT2D eigenvalue weighted by atomic mass is 9.94. The molecule has 0 fully saturated rings. The maximum absolute atomic E-state index is 12.1. The highest BCUT2D eigenvalue weighted by Gasteiger charge is 2.18. The fraction of sp³-hybridized carbons (Fsp3) is 0.480. The Morgan fingerprint density at radius 2 is 1.72 bits per heavy atom. The zero-order valence-electron chi connectivity index (χ0n) is 18.8. The number of Topliss-reactive ketones (excluding diaryl/α,β-unsaturated/α-hetero) is 3. The molecule has 1 aromatic rings. The minimum Gasteiger partial charge on any atom is -0.490 e. The number of benzene rings is 1. The zero-order valence-corrected chi connectivity index (χ0v) is 18.8. The summed E-state index contributed by atoms with van der Waals surface area (Å²) < 4.78 is 5.38. The molecule has 0 aliphatic heterocycles. The largest absolute Gasteiger partial charge is 0.490 e. The summed E-state index contributed by atoms with van der Waals surface area (Å²) >= 11 is 0. The number of allylic oxidation sites excluding steroid dienone is 1. The van der Waals surface area contributed by atoms with Crippen LogP contribution in [-0.2, 0) is 4.79 Å². The number of ether oxygens (including phenoxy) is 1. The molecule has 0 saturated carbocycles. The van der Waals surface area contributed by atoms with Crippen molar-refractivity contribution in [3.8, 4) is 5.75 Å². The summed E-state index contributed by atoms with van der Waals surface area (Å²) in [5.74, 6) is 1.10. The maximum Gasteiger partial charge on any atom is 0.166 e. The first-order valence-electron chi connectivity index (χ1n) is 10.1. The molecule has 1 atom stereocenters. The van der Waals surface area contributed by atoms with Crippen LogP contribution in [0, 0.1) is 11.8 Å². The summed E-state index contributed by atoms with van der Waals surface area (Å²) in [4.78, 5) is 34.5.